The van der Waals surface area contributed by atoms with Gasteiger partial charge in [-0.15, -0.1) is 0 Å². The first-order chi connectivity index (χ1) is 28.0. The van der Waals surface area contributed by atoms with Gasteiger partial charge in [0, 0.05) is 38.9 Å². The molecular weight excluding hydrogens is 689 g/mol. The Balaban J connectivity index is 0.958. The number of hydrogen-bond acceptors (Lipinski definition) is 1. The second-order valence-electron chi connectivity index (χ2n) is 16.1. The van der Waals surface area contributed by atoms with Crippen molar-refractivity contribution in [1.82, 2.24) is 4.57 Å². The average Bonchev–Trinajstić information content (AvgIpc) is 3.72. The van der Waals surface area contributed by atoms with Crippen molar-refractivity contribution in [2.24, 2.45) is 0 Å². The van der Waals surface area contributed by atoms with Gasteiger partial charge >= 0.3 is 0 Å². The van der Waals surface area contributed by atoms with Gasteiger partial charge in [-0.2, -0.15) is 0 Å². The molecule has 9 aromatic rings. The van der Waals surface area contributed by atoms with Crippen molar-refractivity contribution in [3.8, 4) is 16.8 Å². The Bertz CT molecular complexity index is 3030. The average molecular weight is 731 g/mol. The fraction of sp³-hybridized carbons (Fsp3) is 0.0909. The summed E-state index contributed by atoms with van der Waals surface area (Å²) in [6.45, 7) is 4.77. The molecule has 2 aliphatic carbocycles. The molecule has 1 heterocycles. The van der Waals surface area contributed by atoms with Gasteiger partial charge in [0.1, 0.15) is 0 Å². The molecule has 0 saturated heterocycles. The number of allylic oxidation sites excluding steroid dienone is 4. The normalized spacial score (nSPS) is 14.4. The van der Waals surface area contributed by atoms with Crippen LogP contribution in [0.1, 0.15) is 48.9 Å². The van der Waals surface area contributed by atoms with Gasteiger partial charge in [-0.3, -0.25) is 0 Å². The molecule has 272 valence electrons. The first-order valence-corrected chi connectivity index (χ1v) is 20.2. The van der Waals surface area contributed by atoms with Gasteiger partial charge < -0.3 is 9.47 Å². The van der Waals surface area contributed by atoms with Gasteiger partial charge in [-0.1, -0.05) is 147 Å². The fourth-order valence-corrected chi connectivity index (χ4v) is 9.64. The number of fused-ring (bicyclic) bond motifs is 7. The minimum atomic E-state index is -0.191. The van der Waals surface area contributed by atoms with Crippen molar-refractivity contribution in [2.75, 3.05) is 4.90 Å². The quantitative estimate of drug-likeness (QED) is 0.165. The highest BCUT2D eigenvalue weighted by atomic mass is 15.1. The zero-order chi connectivity index (χ0) is 38.1. The molecule has 0 N–H and O–H groups in total. The van der Waals surface area contributed by atoms with Gasteiger partial charge in [0.05, 0.1) is 11.0 Å². The first kappa shape index (κ1) is 33.4. The third-order valence-electron chi connectivity index (χ3n) is 12.5. The molecule has 0 saturated carbocycles. The molecule has 0 amide bonds. The highest BCUT2D eigenvalue weighted by molar-refractivity contribution is 6.09. The lowest BCUT2D eigenvalue weighted by Gasteiger charge is -2.28. The van der Waals surface area contributed by atoms with Gasteiger partial charge in [-0.25, -0.2) is 0 Å². The molecule has 0 fully saturated rings. The third kappa shape index (κ3) is 5.39. The summed E-state index contributed by atoms with van der Waals surface area (Å²) in [6, 6.07) is 67.0. The minimum absolute atomic E-state index is 0.191. The topological polar surface area (TPSA) is 8.17 Å². The number of aromatic nitrogens is 1. The van der Waals surface area contributed by atoms with Crippen LogP contribution >= 0.6 is 0 Å². The molecule has 11 rings (SSSR count). The Morgan fingerprint density at radius 2 is 1.09 bits per heavy atom. The summed E-state index contributed by atoms with van der Waals surface area (Å²) in [7, 11) is 0. The minimum Gasteiger partial charge on any atom is -0.310 e. The van der Waals surface area contributed by atoms with Crippen LogP contribution in [0.5, 0.6) is 0 Å². The lowest BCUT2D eigenvalue weighted by molar-refractivity contribution is 0.660. The van der Waals surface area contributed by atoms with Gasteiger partial charge in [-0.05, 0) is 129 Å². The van der Waals surface area contributed by atoms with Crippen LogP contribution in [0, 0.1) is 0 Å². The van der Waals surface area contributed by atoms with Crippen molar-refractivity contribution < 1.29 is 0 Å². The number of hydrogen-bond donors (Lipinski definition) is 0. The fourth-order valence-electron chi connectivity index (χ4n) is 9.64. The van der Waals surface area contributed by atoms with Crippen molar-refractivity contribution >= 4 is 60.8 Å². The lowest BCUT2D eigenvalue weighted by Crippen LogP contribution is -2.17. The first-order valence-electron chi connectivity index (χ1n) is 20.2. The summed E-state index contributed by atoms with van der Waals surface area (Å²) >= 11 is 0. The molecule has 0 bridgehead atoms. The molecule has 0 aliphatic heterocycles. The molecule has 2 heteroatoms. The summed E-state index contributed by atoms with van der Waals surface area (Å²) in [5, 5.41) is 5.19. The molecule has 2 nitrogen and oxygen atoms in total. The van der Waals surface area contributed by atoms with E-state index in [9.17, 15) is 0 Å². The van der Waals surface area contributed by atoms with Crippen molar-refractivity contribution in [3.05, 3.63) is 216 Å². The number of para-hydroxylation sites is 3. The second-order valence-corrected chi connectivity index (χ2v) is 16.1. The van der Waals surface area contributed by atoms with Crippen LogP contribution < -0.4 is 4.90 Å². The molecule has 8 aromatic carbocycles. The van der Waals surface area contributed by atoms with E-state index >= 15 is 0 Å². The highest BCUT2D eigenvalue weighted by Crippen LogP contribution is 2.51. The smallest absolute Gasteiger partial charge is 0.0541 e. The summed E-state index contributed by atoms with van der Waals surface area (Å²) < 4.78 is 2.43. The van der Waals surface area contributed by atoms with Gasteiger partial charge in [0.25, 0.3) is 0 Å². The van der Waals surface area contributed by atoms with Crippen LogP contribution in [-0.4, -0.2) is 4.57 Å². The van der Waals surface area contributed by atoms with Gasteiger partial charge in [0.2, 0.25) is 0 Å². The molecular formula is C55H42N2. The third-order valence-corrected chi connectivity index (χ3v) is 12.5. The van der Waals surface area contributed by atoms with E-state index < -0.39 is 0 Å². The SMILES string of the molecule is CC1(C)c2cc(N(c3ccccc3)c3ccc(C4=CCCC(c5cccc6ccccc56)=C4)cc3)ccc2-c2ccc(-n3c4ccccc4c4ccccc43)cc21. The Kier molecular flexibility index (Phi) is 7.69. The maximum absolute atomic E-state index is 2.43. The zero-order valence-corrected chi connectivity index (χ0v) is 32.3. The zero-order valence-electron chi connectivity index (χ0n) is 32.3. The van der Waals surface area contributed by atoms with Crippen LogP contribution in [-0.2, 0) is 5.41 Å². The van der Waals surface area contributed by atoms with Crippen LogP contribution in [0.25, 0.3) is 60.5 Å². The maximum Gasteiger partial charge on any atom is 0.0541 e. The summed E-state index contributed by atoms with van der Waals surface area (Å²) in [6.07, 6.45) is 6.89. The van der Waals surface area contributed by atoms with E-state index in [0.29, 0.717) is 0 Å². The molecule has 0 unspecified atom stereocenters. The van der Waals surface area contributed by atoms with Gasteiger partial charge in [0.15, 0.2) is 0 Å². The van der Waals surface area contributed by atoms with Crippen molar-refractivity contribution in [2.45, 2.75) is 32.1 Å². The predicted molar refractivity (Wildman–Crippen MR) is 242 cm³/mol. The maximum atomic E-state index is 2.43. The highest BCUT2D eigenvalue weighted by Gasteiger charge is 2.36. The Morgan fingerprint density at radius 1 is 0.491 bits per heavy atom. The Morgan fingerprint density at radius 3 is 1.84 bits per heavy atom. The molecule has 0 atom stereocenters. The molecule has 1 aromatic heterocycles. The van der Waals surface area contributed by atoms with E-state index in [2.05, 4.69) is 217 Å². The molecule has 57 heavy (non-hydrogen) atoms. The molecule has 0 radical (unpaired) electrons. The second kappa shape index (κ2) is 13.1. The van der Waals surface area contributed by atoms with Crippen LogP contribution in [0.15, 0.2) is 194 Å². The standard InChI is InChI=1S/C55H42N2/c1-55(2)51-35-43(30-32-47(51)48-33-31-44(36-52(48)55)57-53-24-10-8-21-49(53)50-22-9-11-25-54(50)57)56(41-18-4-3-5-19-41)42-28-26-37(27-29-42)39-16-12-17-40(34-39)46-23-13-15-38-14-6-7-20-45(38)46/h3-11,13-16,18-36H,12,17H2,1-2H3. The number of anilines is 3. The number of benzene rings is 8. The monoisotopic (exact) mass is 730 g/mol. The summed E-state index contributed by atoms with van der Waals surface area (Å²) in [5.41, 5.74) is 17.5. The predicted octanol–water partition coefficient (Wildman–Crippen LogP) is 15.0. The largest absolute Gasteiger partial charge is 0.310 e. The van der Waals surface area contributed by atoms with Crippen LogP contribution in [0.2, 0.25) is 0 Å². The van der Waals surface area contributed by atoms with Crippen LogP contribution in [0.3, 0.4) is 0 Å². The van der Waals surface area contributed by atoms with E-state index in [1.165, 1.54) is 82.8 Å². The number of rotatable bonds is 6. The van der Waals surface area contributed by atoms with E-state index in [4.69, 9.17) is 0 Å². The summed E-state index contributed by atoms with van der Waals surface area (Å²) in [5.74, 6) is 0. The molecule has 0 spiro atoms. The Hall–Kier alpha value is -6.90. The van der Waals surface area contributed by atoms with E-state index in [1.807, 2.05) is 0 Å². The molecule has 2 aliphatic rings. The Labute approximate surface area is 334 Å². The van der Waals surface area contributed by atoms with E-state index in [1.54, 1.807) is 0 Å². The lowest BCUT2D eigenvalue weighted by atomic mass is 9.82. The van der Waals surface area contributed by atoms with Crippen molar-refractivity contribution in [3.63, 3.8) is 0 Å². The van der Waals surface area contributed by atoms with E-state index in [-0.39, 0.29) is 5.41 Å². The van der Waals surface area contributed by atoms with Crippen molar-refractivity contribution in [1.29, 1.82) is 0 Å². The summed E-state index contributed by atoms with van der Waals surface area (Å²) in [4.78, 5) is 2.40. The van der Waals surface area contributed by atoms with E-state index in [0.717, 1.165) is 29.9 Å². The number of nitrogens with zero attached hydrogens (tertiary/aromatic N) is 2. The van der Waals surface area contributed by atoms with Crippen LogP contribution in [0.4, 0.5) is 17.1 Å².